The van der Waals surface area contributed by atoms with Crippen LogP contribution in [0.2, 0.25) is 0 Å². The van der Waals surface area contributed by atoms with Crippen LogP contribution in [0.15, 0.2) is 36.4 Å². The summed E-state index contributed by atoms with van der Waals surface area (Å²) in [7, 11) is 0. The zero-order valence-electron chi connectivity index (χ0n) is 12.8. The van der Waals surface area contributed by atoms with Crippen molar-refractivity contribution < 1.29 is 5.11 Å². The fraction of sp³-hybridized carbons (Fsp3) is 0.474. The van der Waals surface area contributed by atoms with Crippen molar-refractivity contribution in [3.8, 4) is 5.75 Å². The lowest BCUT2D eigenvalue weighted by molar-refractivity contribution is 0.444. The van der Waals surface area contributed by atoms with E-state index in [1.165, 1.54) is 38.5 Å². The summed E-state index contributed by atoms with van der Waals surface area (Å²) in [6.07, 6.45) is 7.87. The van der Waals surface area contributed by atoms with Crippen LogP contribution in [0.4, 0.5) is 5.69 Å². The van der Waals surface area contributed by atoms with Crippen LogP contribution >= 0.6 is 0 Å². The van der Waals surface area contributed by atoms with Crippen molar-refractivity contribution in [1.29, 1.82) is 0 Å². The van der Waals surface area contributed by atoms with Crippen molar-refractivity contribution in [3.05, 3.63) is 36.4 Å². The molecule has 0 radical (unpaired) electrons. The molecule has 0 bridgehead atoms. The van der Waals surface area contributed by atoms with E-state index in [0.29, 0.717) is 11.8 Å². The topological polar surface area (TPSA) is 32.3 Å². The van der Waals surface area contributed by atoms with Crippen LogP contribution in [-0.4, -0.2) is 11.1 Å². The maximum absolute atomic E-state index is 9.99. The van der Waals surface area contributed by atoms with Gasteiger partial charge in [0.2, 0.25) is 0 Å². The van der Waals surface area contributed by atoms with Crippen molar-refractivity contribution in [2.24, 2.45) is 5.92 Å². The minimum atomic E-state index is 0.364. The summed E-state index contributed by atoms with van der Waals surface area (Å²) in [6.45, 7) is 2.31. The van der Waals surface area contributed by atoms with Gasteiger partial charge in [0.05, 0.1) is 0 Å². The first-order valence-corrected chi connectivity index (χ1v) is 8.25. The number of benzene rings is 2. The molecule has 1 aliphatic carbocycles. The quantitative estimate of drug-likeness (QED) is 0.747. The van der Waals surface area contributed by atoms with Crippen molar-refractivity contribution >= 4 is 16.5 Å². The molecule has 0 saturated heterocycles. The molecule has 0 heterocycles. The maximum Gasteiger partial charge on any atom is 0.123 e. The van der Waals surface area contributed by atoms with E-state index in [0.717, 1.165) is 22.4 Å². The number of aromatic hydroxyl groups is 1. The van der Waals surface area contributed by atoms with E-state index in [9.17, 15) is 5.11 Å². The summed E-state index contributed by atoms with van der Waals surface area (Å²) in [4.78, 5) is 0. The molecule has 2 aromatic carbocycles. The van der Waals surface area contributed by atoms with Crippen LogP contribution in [0.25, 0.3) is 10.8 Å². The Labute approximate surface area is 127 Å². The number of phenols is 1. The molecule has 3 rings (SSSR count). The summed E-state index contributed by atoms with van der Waals surface area (Å²) in [6, 6.07) is 12.5. The van der Waals surface area contributed by atoms with Gasteiger partial charge in [0.25, 0.3) is 0 Å². The Kier molecular flexibility index (Phi) is 4.33. The lowest BCUT2D eigenvalue weighted by Gasteiger charge is -2.19. The van der Waals surface area contributed by atoms with Crippen LogP contribution in [-0.2, 0) is 0 Å². The Bertz CT molecular complexity index is 608. The molecule has 1 saturated carbocycles. The Balaban J connectivity index is 1.80. The molecule has 2 unspecified atom stereocenters. The van der Waals surface area contributed by atoms with Crippen molar-refractivity contribution in [2.45, 2.75) is 51.5 Å². The van der Waals surface area contributed by atoms with Crippen molar-refractivity contribution in [3.63, 3.8) is 0 Å². The van der Waals surface area contributed by atoms with Crippen LogP contribution in [0.1, 0.15) is 45.4 Å². The molecular weight excluding hydrogens is 258 g/mol. The van der Waals surface area contributed by atoms with Crippen LogP contribution < -0.4 is 5.32 Å². The second-order valence-electron chi connectivity index (χ2n) is 6.30. The fourth-order valence-corrected chi connectivity index (χ4v) is 3.57. The first kappa shape index (κ1) is 14.2. The molecule has 2 N–H and O–H groups in total. The zero-order valence-corrected chi connectivity index (χ0v) is 12.8. The van der Waals surface area contributed by atoms with Gasteiger partial charge in [-0.3, -0.25) is 0 Å². The van der Waals surface area contributed by atoms with Gasteiger partial charge in [0, 0.05) is 22.5 Å². The van der Waals surface area contributed by atoms with E-state index < -0.39 is 0 Å². The van der Waals surface area contributed by atoms with Gasteiger partial charge in [-0.25, -0.2) is 0 Å². The fourth-order valence-electron chi connectivity index (χ4n) is 3.57. The second-order valence-corrected chi connectivity index (χ2v) is 6.30. The average Bonchev–Trinajstić information content (AvgIpc) is 2.73. The van der Waals surface area contributed by atoms with Crippen molar-refractivity contribution in [1.82, 2.24) is 0 Å². The Morgan fingerprint density at radius 1 is 1.00 bits per heavy atom. The molecule has 1 aliphatic rings. The van der Waals surface area contributed by atoms with E-state index in [-0.39, 0.29) is 0 Å². The number of nitrogens with one attached hydrogen (secondary N) is 1. The summed E-state index contributed by atoms with van der Waals surface area (Å²) in [5.41, 5.74) is 1.16. The Hall–Kier alpha value is -1.70. The lowest BCUT2D eigenvalue weighted by atomic mass is 9.97. The standard InChI is InChI=1S/C19H25NO/c1-2-14-6-3-7-15(13-12-14)20-18-10-4-9-17-16(18)8-5-11-19(17)21/h4-5,8-11,14-15,20-21H,2-3,6-7,12-13H2,1H3. The first-order chi connectivity index (χ1) is 10.3. The molecule has 2 heteroatoms. The van der Waals surface area contributed by atoms with E-state index >= 15 is 0 Å². The molecule has 2 nitrogen and oxygen atoms in total. The van der Waals surface area contributed by atoms with Gasteiger partial charge in [-0.15, -0.1) is 0 Å². The molecule has 0 amide bonds. The molecule has 1 fully saturated rings. The average molecular weight is 283 g/mol. The zero-order chi connectivity index (χ0) is 14.7. The highest BCUT2D eigenvalue weighted by atomic mass is 16.3. The molecule has 21 heavy (non-hydrogen) atoms. The van der Waals surface area contributed by atoms with Gasteiger partial charge in [0.1, 0.15) is 5.75 Å². The van der Waals surface area contributed by atoms with Crippen LogP contribution in [0.3, 0.4) is 0 Å². The smallest absolute Gasteiger partial charge is 0.123 e. The van der Waals surface area contributed by atoms with E-state index in [1.807, 2.05) is 18.2 Å². The van der Waals surface area contributed by atoms with Crippen LogP contribution in [0, 0.1) is 5.92 Å². The number of fused-ring (bicyclic) bond motifs is 1. The highest BCUT2D eigenvalue weighted by molar-refractivity contribution is 5.97. The molecule has 0 aromatic heterocycles. The largest absolute Gasteiger partial charge is 0.507 e. The monoisotopic (exact) mass is 283 g/mol. The third-order valence-corrected chi connectivity index (χ3v) is 4.92. The number of rotatable bonds is 3. The SMILES string of the molecule is CCC1CCCC(Nc2cccc3c(O)cccc23)CC1. The van der Waals surface area contributed by atoms with E-state index in [1.54, 1.807) is 6.07 Å². The molecular formula is C19H25NO. The molecule has 2 aromatic rings. The van der Waals surface area contributed by atoms with Crippen molar-refractivity contribution in [2.75, 3.05) is 5.32 Å². The highest BCUT2D eigenvalue weighted by Crippen LogP contribution is 2.32. The van der Waals surface area contributed by atoms with E-state index in [4.69, 9.17) is 0 Å². The number of anilines is 1. The molecule has 2 atom stereocenters. The number of hydrogen-bond acceptors (Lipinski definition) is 2. The van der Waals surface area contributed by atoms with Gasteiger partial charge < -0.3 is 10.4 Å². The highest BCUT2D eigenvalue weighted by Gasteiger charge is 2.18. The van der Waals surface area contributed by atoms with Gasteiger partial charge in [0.15, 0.2) is 0 Å². The normalized spacial score (nSPS) is 22.9. The molecule has 0 spiro atoms. The molecule has 0 aliphatic heterocycles. The van der Waals surface area contributed by atoms with E-state index in [2.05, 4.69) is 24.4 Å². The minimum absolute atomic E-state index is 0.364. The predicted octanol–water partition coefficient (Wildman–Crippen LogP) is 5.32. The summed E-state index contributed by atoms with van der Waals surface area (Å²) < 4.78 is 0. The Morgan fingerprint density at radius 3 is 2.67 bits per heavy atom. The first-order valence-electron chi connectivity index (χ1n) is 8.25. The third kappa shape index (κ3) is 3.15. The second kappa shape index (κ2) is 6.38. The number of hydrogen-bond donors (Lipinski definition) is 2. The van der Waals surface area contributed by atoms with Gasteiger partial charge in [-0.05, 0) is 37.3 Å². The summed E-state index contributed by atoms with van der Waals surface area (Å²) in [5, 5.41) is 15.8. The third-order valence-electron chi connectivity index (χ3n) is 4.92. The molecule has 112 valence electrons. The summed E-state index contributed by atoms with van der Waals surface area (Å²) in [5.74, 6) is 1.27. The predicted molar refractivity (Wildman–Crippen MR) is 89.9 cm³/mol. The number of phenolic OH excluding ortho intramolecular Hbond substituents is 1. The van der Waals surface area contributed by atoms with Gasteiger partial charge in [-0.1, -0.05) is 50.5 Å². The minimum Gasteiger partial charge on any atom is -0.507 e. The summed E-state index contributed by atoms with van der Waals surface area (Å²) >= 11 is 0. The lowest BCUT2D eigenvalue weighted by Crippen LogP contribution is -2.18. The Morgan fingerprint density at radius 2 is 1.81 bits per heavy atom. The van der Waals surface area contributed by atoms with Gasteiger partial charge in [-0.2, -0.15) is 0 Å². The van der Waals surface area contributed by atoms with Crippen LogP contribution in [0.5, 0.6) is 5.75 Å². The van der Waals surface area contributed by atoms with Gasteiger partial charge >= 0.3 is 0 Å². The maximum atomic E-state index is 9.99.